The van der Waals surface area contributed by atoms with Crippen LogP contribution >= 0.6 is 0 Å². The van der Waals surface area contributed by atoms with Crippen molar-refractivity contribution in [2.45, 2.75) is 25.4 Å². The zero-order valence-corrected chi connectivity index (χ0v) is 20.5. The maximum absolute atomic E-state index is 13.7. The summed E-state index contributed by atoms with van der Waals surface area (Å²) < 4.78 is 58.1. The first-order valence-electron chi connectivity index (χ1n) is 12.7. The van der Waals surface area contributed by atoms with Crippen molar-refractivity contribution in [2.75, 3.05) is 56.7 Å². The van der Waals surface area contributed by atoms with E-state index in [1.807, 2.05) is 0 Å². The summed E-state index contributed by atoms with van der Waals surface area (Å²) in [5.41, 5.74) is 0.0296. The molecule has 0 unspecified atom stereocenters. The molecular formula is C25H27F3N6O4. The first kappa shape index (κ1) is 24.6. The van der Waals surface area contributed by atoms with Crippen molar-refractivity contribution in [1.29, 1.82) is 0 Å². The van der Waals surface area contributed by atoms with Gasteiger partial charge in [-0.25, -0.2) is 0 Å². The van der Waals surface area contributed by atoms with Crippen LogP contribution in [0.15, 0.2) is 18.3 Å². The second kappa shape index (κ2) is 9.86. The number of amides is 1. The average molecular weight is 533 g/mol. The molecule has 13 heteroatoms. The number of benzene rings is 1. The standard InChI is InChI=1S/C25H27F3N6O4/c26-25(27,28)16-13-30-22-18(16)21(29-12-14-2-1-3-14)32-24(33-22)31-17-5-4-15(19-20(17)38-11-10-37-19)23(35)34-6-8-36-9-7-34/h4-5,13-14H,1-3,6-12H2,(H3,29,30,31,32,33). The van der Waals surface area contributed by atoms with Crippen LogP contribution in [-0.4, -0.2) is 71.8 Å². The smallest absolute Gasteiger partial charge is 0.418 e. The molecule has 1 saturated carbocycles. The lowest BCUT2D eigenvalue weighted by Crippen LogP contribution is -2.41. The summed E-state index contributed by atoms with van der Waals surface area (Å²) in [4.78, 5) is 26.2. The van der Waals surface area contributed by atoms with Gasteiger partial charge in [-0.1, -0.05) is 6.42 Å². The molecule has 2 aromatic heterocycles. The summed E-state index contributed by atoms with van der Waals surface area (Å²) >= 11 is 0. The maximum Gasteiger partial charge on any atom is 0.418 e. The first-order chi connectivity index (χ1) is 18.4. The van der Waals surface area contributed by atoms with Crippen molar-refractivity contribution in [1.82, 2.24) is 19.9 Å². The number of ether oxygens (including phenoxy) is 3. The quantitative estimate of drug-likeness (QED) is 0.434. The molecule has 0 atom stereocenters. The number of hydrogen-bond donors (Lipinski definition) is 3. The summed E-state index contributed by atoms with van der Waals surface area (Å²) in [6.07, 6.45) is -0.470. The molecule has 10 nitrogen and oxygen atoms in total. The van der Waals surface area contributed by atoms with Crippen LogP contribution in [0.4, 0.5) is 30.6 Å². The van der Waals surface area contributed by atoms with Gasteiger partial charge in [0.25, 0.3) is 5.91 Å². The lowest BCUT2D eigenvalue weighted by Gasteiger charge is -2.29. The third-order valence-electron chi connectivity index (χ3n) is 7.08. The topological polar surface area (TPSA) is 114 Å². The highest BCUT2D eigenvalue weighted by Crippen LogP contribution is 2.43. The Morgan fingerprint density at radius 1 is 1.08 bits per heavy atom. The fraction of sp³-hybridized carbons (Fsp3) is 0.480. The Labute approximate surface area is 215 Å². The maximum atomic E-state index is 13.7. The van der Waals surface area contributed by atoms with Gasteiger partial charge in [-0.3, -0.25) is 4.79 Å². The summed E-state index contributed by atoms with van der Waals surface area (Å²) in [5.74, 6) is 1.02. The van der Waals surface area contributed by atoms with Crippen molar-refractivity contribution in [3.8, 4) is 11.5 Å². The molecule has 38 heavy (non-hydrogen) atoms. The molecule has 0 spiro atoms. The van der Waals surface area contributed by atoms with E-state index in [9.17, 15) is 18.0 Å². The van der Waals surface area contributed by atoms with E-state index in [4.69, 9.17) is 14.2 Å². The number of carbonyl (C=O) groups is 1. The highest BCUT2D eigenvalue weighted by Gasteiger charge is 2.36. The zero-order chi connectivity index (χ0) is 26.3. The van der Waals surface area contributed by atoms with Crippen LogP contribution in [-0.2, 0) is 10.9 Å². The van der Waals surface area contributed by atoms with Crippen molar-refractivity contribution in [3.05, 3.63) is 29.5 Å². The number of nitrogens with one attached hydrogen (secondary N) is 3. The number of rotatable bonds is 6. The number of fused-ring (bicyclic) bond motifs is 2. The number of carbonyl (C=O) groups excluding carboxylic acids is 1. The highest BCUT2D eigenvalue weighted by atomic mass is 19.4. The fourth-order valence-electron chi connectivity index (χ4n) is 4.84. The van der Waals surface area contributed by atoms with Gasteiger partial charge < -0.3 is 34.7 Å². The second-order valence-corrected chi connectivity index (χ2v) is 9.54. The molecule has 1 saturated heterocycles. The summed E-state index contributed by atoms with van der Waals surface area (Å²) in [6.45, 7) is 2.98. The molecule has 1 aliphatic carbocycles. The van der Waals surface area contributed by atoms with E-state index in [0.717, 1.165) is 25.5 Å². The van der Waals surface area contributed by atoms with E-state index in [1.165, 1.54) is 0 Å². The number of anilines is 3. The van der Waals surface area contributed by atoms with Crippen LogP contribution in [0.1, 0.15) is 35.2 Å². The number of aromatic nitrogens is 3. The zero-order valence-electron chi connectivity index (χ0n) is 20.5. The van der Waals surface area contributed by atoms with E-state index in [1.54, 1.807) is 17.0 Å². The Bertz CT molecular complexity index is 1350. The van der Waals surface area contributed by atoms with Gasteiger partial charge in [-0.05, 0) is 30.9 Å². The molecule has 0 radical (unpaired) electrons. The molecular weight excluding hydrogens is 505 g/mol. The SMILES string of the molecule is O=C(c1ccc(Nc2nc(NCC3CCC3)c3c(C(F)(F)F)c[nH]c3n2)c2c1OCCO2)N1CCOCC1. The number of aromatic amines is 1. The molecule has 2 fully saturated rings. The third-order valence-corrected chi connectivity index (χ3v) is 7.08. The minimum atomic E-state index is -4.56. The van der Waals surface area contributed by atoms with E-state index in [2.05, 4.69) is 25.6 Å². The summed E-state index contributed by atoms with van der Waals surface area (Å²) in [6, 6.07) is 3.30. The molecule has 1 aromatic carbocycles. The lowest BCUT2D eigenvalue weighted by atomic mass is 9.85. The van der Waals surface area contributed by atoms with Gasteiger partial charge in [0.05, 0.1) is 35.4 Å². The molecule has 4 heterocycles. The van der Waals surface area contributed by atoms with Crippen LogP contribution in [0, 0.1) is 5.92 Å². The summed E-state index contributed by atoms with van der Waals surface area (Å²) in [7, 11) is 0. The monoisotopic (exact) mass is 532 g/mol. The van der Waals surface area contributed by atoms with Crippen molar-refractivity contribution in [2.24, 2.45) is 5.92 Å². The summed E-state index contributed by atoms with van der Waals surface area (Å²) in [5, 5.41) is 6.07. The van der Waals surface area contributed by atoms with Gasteiger partial charge in [0, 0.05) is 25.8 Å². The number of morpholine rings is 1. The second-order valence-electron chi connectivity index (χ2n) is 9.54. The van der Waals surface area contributed by atoms with E-state index in [0.29, 0.717) is 61.5 Å². The molecule has 3 aromatic rings. The predicted molar refractivity (Wildman–Crippen MR) is 132 cm³/mol. The molecule has 3 aliphatic rings. The Hall–Kier alpha value is -3.74. The van der Waals surface area contributed by atoms with Gasteiger partial charge in [0.2, 0.25) is 5.95 Å². The number of nitrogens with zero attached hydrogens (tertiary/aromatic N) is 3. The minimum Gasteiger partial charge on any atom is -0.485 e. The Morgan fingerprint density at radius 2 is 1.84 bits per heavy atom. The molecule has 6 rings (SSSR count). The Balaban J connectivity index is 1.34. The largest absolute Gasteiger partial charge is 0.485 e. The number of hydrogen-bond acceptors (Lipinski definition) is 8. The first-order valence-corrected chi connectivity index (χ1v) is 12.7. The highest BCUT2D eigenvalue weighted by molar-refractivity contribution is 5.99. The third kappa shape index (κ3) is 4.66. The Morgan fingerprint density at radius 3 is 2.55 bits per heavy atom. The molecule has 202 valence electrons. The van der Waals surface area contributed by atoms with Crippen molar-refractivity contribution < 1.29 is 32.2 Å². The van der Waals surface area contributed by atoms with Crippen molar-refractivity contribution >= 4 is 34.4 Å². The number of H-pyrrole nitrogens is 1. The Kier molecular flexibility index (Phi) is 6.38. The molecule has 2 aliphatic heterocycles. The lowest BCUT2D eigenvalue weighted by molar-refractivity contribution is -0.136. The van der Waals surface area contributed by atoms with E-state index >= 15 is 0 Å². The molecule has 3 N–H and O–H groups in total. The van der Waals surface area contributed by atoms with Gasteiger partial charge in [-0.15, -0.1) is 0 Å². The predicted octanol–water partition coefficient (Wildman–Crippen LogP) is 4.18. The number of halogens is 3. The van der Waals surface area contributed by atoms with Gasteiger partial charge in [-0.2, -0.15) is 23.1 Å². The van der Waals surface area contributed by atoms with E-state index in [-0.39, 0.29) is 41.9 Å². The number of alkyl halides is 3. The van der Waals surface area contributed by atoms with E-state index < -0.39 is 11.7 Å². The normalized spacial score (nSPS) is 17.8. The van der Waals surface area contributed by atoms with Crippen LogP contribution in [0.5, 0.6) is 11.5 Å². The van der Waals surface area contributed by atoms with Crippen LogP contribution < -0.4 is 20.1 Å². The van der Waals surface area contributed by atoms with Gasteiger partial charge in [0.15, 0.2) is 11.5 Å². The average Bonchev–Trinajstić information content (AvgIpc) is 3.33. The minimum absolute atomic E-state index is 0.0519. The van der Waals surface area contributed by atoms with Crippen LogP contribution in [0.25, 0.3) is 11.0 Å². The molecule has 0 bridgehead atoms. The van der Waals surface area contributed by atoms with Crippen LogP contribution in [0.2, 0.25) is 0 Å². The molecule has 1 amide bonds. The van der Waals surface area contributed by atoms with Gasteiger partial charge >= 0.3 is 6.18 Å². The van der Waals surface area contributed by atoms with Gasteiger partial charge in [0.1, 0.15) is 24.7 Å². The van der Waals surface area contributed by atoms with Crippen LogP contribution in [0.3, 0.4) is 0 Å². The fourth-order valence-corrected chi connectivity index (χ4v) is 4.84. The van der Waals surface area contributed by atoms with Crippen molar-refractivity contribution in [3.63, 3.8) is 0 Å².